The summed E-state index contributed by atoms with van der Waals surface area (Å²) in [6.07, 6.45) is -0.734. The molecule has 0 bridgehead atoms. The van der Waals surface area contributed by atoms with Crippen LogP contribution < -0.4 is 10.5 Å². The predicted octanol–water partition coefficient (Wildman–Crippen LogP) is 2.23. The van der Waals surface area contributed by atoms with Crippen molar-refractivity contribution < 1.29 is 14.9 Å². The van der Waals surface area contributed by atoms with E-state index in [4.69, 9.17) is 10.5 Å². The second-order valence-corrected chi connectivity index (χ2v) is 5.26. The molecule has 0 saturated carbocycles. The Kier molecular flexibility index (Phi) is 5.93. The second-order valence-electron chi connectivity index (χ2n) is 5.26. The zero-order valence-corrected chi connectivity index (χ0v) is 12.0. The van der Waals surface area contributed by atoms with Gasteiger partial charge in [-0.2, -0.15) is 0 Å². The molecule has 1 aromatic rings. The topological polar surface area (TPSA) is 75.7 Å². The maximum Gasteiger partial charge on any atom is 0.124 e. The molecule has 0 fully saturated rings. The van der Waals surface area contributed by atoms with Crippen molar-refractivity contribution in [2.24, 2.45) is 11.1 Å². The van der Waals surface area contributed by atoms with Crippen molar-refractivity contribution in [2.45, 2.75) is 32.9 Å². The van der Waals surface area contributed by atoms with Gasteiger partial charge >= 0.3 is 0 Å². The number of phenols is 1. The fourth-order valence-electron chi connectivity index (χ4n) is 1.64. The summed E-state index contributed by atoms with van der Waals surface area (Å²) in [7, 11) is 1.53. The van der Waals surface area contributed by atoms with Crippen LogP contribution >= 0.6 is 12.4 Å². The van der Waals surface area contributed by atoms with Crippen LogP contribution in [0.4, 0.5) is 0 Å². The zero-order valence-electron chi connectivity index (χ0n) is 11.2. The molecule has 0 spiro atoms. The number of methoxy groups -OCH3 is 1. The van der Waals surface area contributed by atoms with Crippen molar-refractivity contribution >= 4 is 12.4 Å². The van der Waals surface area contributed by atoms with Crippen molar-refractivity contribution in [3.63, 3.8) is 0 Å². The van der Waals surface area contributed by atoms with Gasteiger partial charge in [0.05, 0.1) is 19.3 Å². The lowest BCUT2D eigenvalue weighted by molar-refractivity contribution is 0.0394. The third-order valence-corrected chi connectivity index (χ3v) is 2.82. The molecule has 0 aliphatic carbocycles. The molecule has 4 nitrogen and oxygen atoms in total. The van der Waals surface area contributed by atoms with E-state index in [1.807, 2.05) is 20.8 Å². The number of ether oxygens (including phenoxy) is 1. The largest absolute Gasteiger partial charge is 0.507 e. The molecule has 0 unspecified atom stereocenters. The van der Waals surface area contributed by atoms with Crippen LogP contribution in [0, 0.1) is 5.41 Å². The van der Waals surface area contributed by atoms with Crippen LogP contribution in [0.5, 0.6) is 11.5 Å². The Labute approximate surface area is 114 Å². The third kappa shape index (κ3) is 3.77. The van der Waals surface area contributed by atoms with E-state index < -0.39 is 12.1 Å². The van der Waals surface area contributed by atoms with Gasteiger partial charge in [-0.05, 0) is 17.5 Å². The Bertz CT molecular complexity index is 390. The number of nitrogens with two attached hydrogens (primary N) is 1. The Balaban J connectivity index is 0.00000289. The smallest absolute Gasteiger partial charge is 0.124 e. The Hall–Kier alpha value is -0.970. The molecule has 1 aromatic carbocycles. The van der Waals surface area contributed by atoms with Gasteiger partial charge in [0.2, 0.25) is 0 Å². The fourth-order valence-corrected chi connectivity index (χ4v) is 1.64. The number of phenolic OH excluding ortho intramolecular Hbond substituents is 1. The summed E-state index contributed by atoms with van der Waals surface area (Å²) >= 11 is 0. The van der Waals surface area contributed by atoms with Crippen LogP contribution in [0.2, 0.25) is 0 Å². The van der Waals surface area contributed by atoms with E-state index in [0.717, 1.165) is 0 Å². The minimum absolute atomic E-state index is 0. The van der Waals surface area contributed by atoms with Gasteiger partial charge in [0.25, 0.3) is 0 Å². The first-order chi connectivity index (χ1) is 7.77. The van der Waals surface area contributed by atoms with Gasteiger partial charge in [-0.25, -0.2) is 0 Å². The van der Waals surface area contributed by atoms with Gasteiger partial charge in [0, 0.05) is 11.6 Å². The highest BCUT2D eigenvalue weighted by Gasteiger charge is 2.30. The van der Waals surface area contributed by atoms with Gasteiger partial charge < -0.3 is 20.7 Å². The maximum absolute atomic E-state index is 10.1. The first kappa shape index (κ1) is 17.0. The van der Waals surface area contributed by atoms with Crippen molar-refractivity contribution in [3.8, 4) is 11.5 Å². The highest BCUT2D eigenvalue weighted by atomic mass is 35.5. The van der Waals surface area contributed by atoms with Crippen LogP contribution in [-0.4, -0.2) is 23.4 Å². The Morgan fingerprint density at radius 2 is 1.83 bits per heavy atom. The summed E-state index contributed by atoms with van der Waals surface area (Å²) in [6.45, 7) is 5.70. The number of benzene rings is 1. The van der Waals surface area contributed by atoms with E-state index in [1.54, 1.807) is 12.1 Å². The molecule has 5 heteroatoms. The van der Waals surface area contributed by atoms with Crippen LogP contribution in [0.15, 0.2) is 18.2 Å². The van der Waals surface area contributed by atoms with Crippen LogP contribution in [0.1, 0.15) is 32.4 Å². The molecule has 104 valence electrons. The third-order valence-electron chi connectivity index (χ3n) is 2.82. The van der Waals surface area contributed by atoms with E-state index >= 15 is 0 Å². The number of hydrogen-bond acceptors (Lipinski definition) is 4. The van der Waals surface area contributed by atoms with E-state index in [-0.39, 0.29) is 23.6 Å². The predicted molar refractivity (Wildman–Crippen MR) is 74.3 cm³/mol. The van der Waals surface area contributed by atoms with E-state index in [9.17, 15) is 10.2 Å². The summed E-state index contributed by atoms with van der Waals surface area (Å²) in [5, 5.41) is 19.9. The molecule has 2 atom stereocenters. The quantitative estimate of drug-likeness (QED) is 0.791. The molecule has 18 heavy (non-hydrogen) atoms. The van der Waals surface area contributed by atoms with Gasteiger partial charge in [0.1, 0.15) is 11.5 Å². The van der Waals surface area contributed by atoms with Crippen molar-refractivity contribution in [1.29, 1.82) is 0 Å². The van der Waals surface area contributed by atoms with Gasteiger partial charge in [-0.15, -0.1) is 12.4 Å². The average Bonchev–Trinajstić information content (AvgIpc) is 2.25. The van der Waals surface area contributed by atoms with Crippen LogP contribution in [-0.2, 0) is 0 Å². The SMILES string of the molecule is COc1ccc([C@@H](N)[C@@H](O)C(C)(C)C)c(O)c1.Cl. The normalized spacial score (nSPS) is 14.6. The van der Waals surface area contributed by atoms with E-state index in [1.165, 1.54) is 13.2 Å². The Morgan fingerprint density at radius 3 is 2.22 bits per heavy atom. The zero-order chi connectivity index (χ0) is 13.2. The highest BCUT2D eigenvalue weighted by Crippen LogP contribution is 2.34. The summed E-state index contributed by atoms with van der Waals surface area (Å²) in [6, 6.07) is 4.25. The average molecular weight is 276 g/mol. The summed E-state index contributed by atoms with van der Waals surface area (Å²) in [5.74, 6) is 0.601. The number of hydrogen-bond donors (Lipinski definition) is 3. The van der Waals surface area contributed by atoms with Crippen molar-refractivity contribution in [1.82, 2.24) is 0 Å². The number of aliphatic hydroxyl groups excluding tert-OH is 1. The van der Waals surface area contributed by atoms with Gasteiger partial charge in [-0.1, -0.05) is 20.8 Å². The molecule has 0 amide bonds. The van der Waals surface area contributed by atoms with Crippen LogP contribution in [0.3, 0.4) is 0 Å². The summed E-state index contributed by atoms with van der Waals surface area (Å²) in [5.41, 5.74) is 6.15. The fraction of sp³-hybridized carbons (Fsp3) is 0.538. The minimum atomic E-state index is -0.734. The molecule has 0 heterocycles. The Morgan fingerprint density at radius 1 is 1.28 bits per heavy atom. The number of rotatable bonds is 3. The molecule has 0 saturated heterocycles. The van der Waals surface area contributed by atoms with Crippen molar-refractivity contribution in [2.75, 3.05) is 7.11 Å². The molecule has 0 aliphatic heterocycles. The monoisotopic (exact) mass is 275 g/mol. The second kappa shape index (κ2) is 6.27. The first-order valence-electron chi connectivity index (χ1n) is 5.58. The standard InChI is InChI=1S/C13H21NO3.ClH/c1-13(2,3)12(16)11(14)9-6-5-8(17-4)7-10(9)15;/h5-7,11-12,15-16H,14H2,1-4H3;1H/t11-,12-;/m1./s1. The molecular weight excluding hydrogens is 254 g/mol. The lowest BCUT2D eigenvalue weighted by Crippen LogP contribution is -2.36. The van der Waals surface area contributed by atoms with Crippen LogP contribution in [0.25, 0.3) is 0 Å². The first-order valence-corrected chi connectivity index (χ1v) is 5.58. The molecule has 0 radical (unpaired) electrons. The number of aliphatic hydroxyl groups is 1. The number of halogens is 1. The molecular formula is C13H22ClNO3. The summed E-state index contributed by atoms with van der Waals surface area (Å²) < 4.78 is 4.99. The lowest BCUT2D eigenvalue weighted by atomic mass is 9.82. The molecule has 0 aliphatic rings. The molecule has 1 rings (SSSR count). The molecule has 0 aromatic heterocycles. The van der Waals surface area contributed by atoms with Gasteiger partial charge in [0.15, 0.2) is 0 Å². The van der Waals surface area contributed by atoms with E-state index in [0.29, 0.717) is 11.3 Å². The van der Waals surface area contributed by atoms with E-state index in [2.05, 4.69) is 0 Å². The number of aromatic hydroxyl groups is 1. The summed E-state index contributed by atoms with van der Waals surface area (Å²) in [4.78, 5) is 0. The highest BCUT2D eigenvalue weighted by molar-refractivity contribution is 5.85. The van der Waals surface area contributed by atoms with Gasteiger partial charge in [-0.3, -0.25) is 0 Å². The molecule has 4 N–H and O–H groups in total. The minimum Gasteiger partial charge on any atom is -0.507 e. The lowest BCUT2D eigenvalue weighted by Gasteiger charge is -2.31. The van der Waals surface area contributed by atoms with Crippen molar-refractivity contribution in [3.05, 3.63) is 23.8 Å². The maximum atomic E-state index is 10.1.